The lowest BCUT2D eigenvalue weighted by Gasteiger charge is -2.45. The topological polar surface area (TPSA) is 60.0 Å². The van der Waals surface area contributed by atoms with Gasteiger partial charge in [-0.15, -0.1) is 0 Å². The molecule has 3 aliphatic heterocycles. The Morgan fingerprint density at radius 3 is 2.76 bits per heavy atom. The second kappa shape index (κ2) is 10.4. The molecular formula is C26H38F2N2O4. The van der Waals surface area contributed by atoms with Crippen LogP contribution >= 0.6 is 0 Å². The summed E-state index contributed by atoms with van der Waals surface area (Å²) in [6.07, 6.45) is 4.05. The summed E-state index contributed by atoms with van der Waals surface area (Å²) in [6.45, 7) is 8.96. The van der Waals surface area contributed by atoms with Crippen LogP contribution in [0.2, 0.25) is 0 Å². The smallest absolute Gasteiger partial charge is 0.454 e. The van der Waals surface area contributed by atoms with Crippen LogP contribution in [0.5, 0.6) is 11.5 Å². The van der Waals surface area contributed by atoms with Crippen LogP contribution in [-0.2, 0) is 10.2 Å². The summed E-state index contributed by atoms with van der Waals surface area (Å²) in [7, 11) is 0. The number of carbonyl (C=O) groups is 1. The molecule has 1 aromatic carbocycles. The van der Waals surface area contributed by atoms with Crippen molar-refractivity contribution in [3.8, 4) is 11.5 Å². The number of ether oxygens (including phenoxy) is 3. The highest BCUT2D eigenvalue weighted by atomic mass is 19.2. The number of benzene rings is 1. The molecule has 2 saturated heterocycles. The van der Waals surface area contributed by atoms with Gasteiger partial charge in [0.1, 0.15) is 18.1 Å². The molecule has 1 aromatic rings. The second-order valence-electron chi connectivity index (χ2n) is 10.5. The van der Waals surface area contributed by atoms with Crippen LogP contribution in [0.25, 0.3) is 0 Å². The molecule has 4 rings (SSSR count). The third-order valence-corrected chi connectivity index (χ3v) is 7.91. The van der Waals surface area contributed by atoms with Gasteiger partial charge in [-0.1, -0.05) is 27.2 Å². The molecule has 3 heterocycles. The van der Waals surface area contributed by atoms with Crippen LogP contribution in [0.15, 0.2) is 12.1 Å². The molecular weight excluding hydrogens is 442 g/mol. The molecule has 0 aliphatic carbocycles. The number of rotatable bonds is 7. The predicted octanol–water partition coefficient (Wildman–Crippen LogP) is 5.10. The Kier molecular flexibility index (Phi) is 7.67. The van der Waals surface area contributed by atoms with E-state index >= 15 is 4.39 Å². The summed E-state index contributed by atoms with van der Waals surface area (Å²) in [5.41, 5.74) is 1.18. The van der Waals surface area contributed by atoms with Crippen LogP contribution in [0.1, 0.15) is 69.9 Å². The Morgan fingerprint density at radius 1 is 1.29 bits per heavy atom. The van der Waals surface area contributed by atoms with Gasteiger partial charge in [-0.2, -0.15) is 4.39 Å². The largest absolute Gasteiger partial charge is 0.513 e. The highest BCUT2D eigenvalue weighted by Gasteiger charge is 2.53. The Hall–Kier alpha value is -1.93. The Labute approximate surface area is 201 Å². The first-order valence-electron chi connectivity index (χ1n) is 12.7. The van der Waals surface area contributed by atoms with Crippen LogP contribution in [-0.4, -0.2) is 62.9 Å². The van der Waals surface area contributed by atoms with E-state index in [0.29, 0.717) is 37.4 Å². The molecule has 3 unspecified atom stereocenters. The SMILES string of the molecule is CCC(C)(C)c1cc(OC(=O)OCCN2CCCCC2)c2c(c1)OC(F)(CF)C1CCNCC21. The average molecular weight is 481 g/mol. The number of hydrogen-bond acceptors (Lipinski definition) is 6. The molecule has 2 fully saturated rings. The van der Waals surface area contributed by atoms with Gasteiger partial charge in [0.15, 0.2) is 6.67 Å². The number of hydrogen-bond donors (Lipinski definition) is 1. The van der Waals surface area contributed by atoms with E-state index < -0.39 is 24.6 Å². The van der Waals surface area contributed by atoms with Crippen molar-refractivity contribution in [2.45, 2.75) is 70.1 Å². The van der Waals surface area contributed by atoms with Crippen LogP contribution in [0.4, 0.5) is 13.6 Å². The molecule has 3 aliphatic rings. The monoisotopic (exact) mass is 480 g/mol. The van der Waals surface area contributed by atoms with Crippen molar-refractivity contribution < 1.29 is 27.8 Å². The first kappa shape index (κ1) is 25.2. The van der Waals surface area contributed by atoms with Crippen LogP contribution in [0, 0.1) is 5.92 Å². The number of likely N-dealkylation sites (tertiary alicyclic amines) is 1. The zero-order valence-electron chi connectivity index (χ0n) is 20.6. The minimum Gasteiger partial charge on any atom is -0.454 e. The summed E-state index contributed by atoms with van der Waals surface area (Å²) < 4.78 is 46.3. The number of piperidine rings is 2. The number of fused-ring (bicyclic) bond motifs is 3. The fraction of sp³-hybridized carbons (Fsp3) is 0.731. The molecule has 34 heavy (non-hydrogen) atoms. The van der Waals surface area contributed by atoms with Gasteiger partial charge in [0.05, 0.1) is 0 Å². The van der Waals surface area contributed by atoms with Gasteiger partial charge in [0.25, 0.3) is 5.85 Å². The van der Waals surface area contributed by atoms with Crippen molar-refractivity contribution >= 4 is 6.16 Å². The lowest BCUT2D eigenvalue weighted by Crippen LogP contribution is -2.53. The van der Waals surface area contributed by atoms with Gasteiger partial charge in [-0.05, 0) is 68.4 Å². The van der Waals surface area contributed by atoms with E-state index in [-0.39, 0.29) is 23.7 Å². The van der Waals surface area contributed by atoms with Crippen LogP contribution in [0.3, 0.4) is 0 Å². The summed E-state index contributed by atoms with van der Waals surface area (Å²) in [5.74, 6) is -2.85. The van der Waals surface area contributed by atoms with E-state index in [1.807, 2.05) is 6.07 Å². The summed E-state index contributed by atoms with van der Waals surface area (Å²) in [5, 5.41) is 3.27. The van der Waals surface area contributed by atoms with Crippen molar-refractivity contribution in [3.05, 3.63) is 23.3 Å². The van der Waals surface area contributed by atoms with Crippen molar-refractivity contribution in [1.82, 2.24) is 10.2 Å². The number of carbonyl (C=O) groups excluding carboxylic acids is 1. The van der Waals surface area contributed by atoms with Gasteiger partial charge < -0.3 is 19.5 Å². The third-order valence-electron chi connectivity index (χ3n) is 7.91. The molecule has 0 aromatic heterocycles. The van der Waals surface area contributed by atoms with Gasteiger partial charge in [-0.25, -0.2) is 9.18 Å². The highest BCUT2D eigenvalue weighted by Crippen LogP contribution is 2.53. The molecule has 0 amide bonds. The van der Waals surface area contributed by atoms with E-state index in [9.17, 15) is 9.18 Å². The molecule has 1 N–H and O–H groups in total. The first-order chi connectivity index (χ1) is 16.3. The fourth-order valence-corrected chi connectivity index (χ4v) is 5.35. The highest BCUT2D eigenvalue weighted by molar-refractivity contribution is 5.67. The fourth-order valence-electron chi connectivity index (χ4n) is 5.35. The molecule has 3 atom stereocenters. The number of halogens is 2. The Morgan fingerprint density at radius 2 is 2.06 bits per heavy atom. The van der Waals surface area contributed by atoms with Crippen LogP contribution < -0.4 is 14.8 Å². The lowest BCUT2D eigenvalue weighted by molar-refractivity contribution is -0.150. The van der Waals surface area contributed by atoms with E-state index in [1.165, 1.54) is 19.3 Å². The maximum absolute atomic E-state index is 15.6. The summed E-state index contributed by atoms with van der Waals surface area (Å²) in [6, 6.07) is 3.62. The number of nitrogens with zero attached hydrogens (tertiary/aromatic N) is 1. The normalized spacial score (nSPS) is 27.3. The van der Waals surface area contributed by atoms with Crippen molar-refractivity contribution in [1.29, 1.82) is 0 Å². The Balaban J connectivity index is 1.60. The average Bonchev–Trinajstić information content (AvgIpc) is 2.84. The molecule has 8 heteroatoms. The number of nitrogens with one attached hydrogen (secondary N) is 1. The molecule has 0 saturated carbocycles. The number of alkyl halides is 2. The minimum absolute atomic E-state index is 0.250. The van der Waals surface area contributed by atoms with E-state index in [2.05, 4.69) is 31.0 Å². The molecule has 0 bridgehead atoms. The lowest BCUT2D eigenvalue weighted by atomic mass is 9.73. The molecule has 190 valence electrons. The van der Waals surface area contributed by atoms with Crippen molar-refractivity contribution in [2.24, 2.45) is 5.92 Å². The first-order valence-corrected chi connectivity index (χ1v) is 12.7. The van der Waals surface area contributed by atoms with E-state index in [0.717, 1.165) is 25.1 Å². The van der Waals surface area contributed by atoms with Gasteiger partial charge in [-0.3, -0.25) is 4.90 Å². The molecule has 0 radical (unpaired) electrons. The standard InChI is InChI=1S/C26H38F2N2O4/c1-4-25(2,3)18-14-21(33-24(31)32-13-12-30-10-6-5-7-11-30)23-19-16-29-9-8-20(19)26(28,17-27)34-22(23)15-18/h14-15,19-20,29H,4-13,16-17H2,1-3H3. The van der Waals surface area contributed by atoms with Gasteiger partial charge in [0.2, 0.25) is 0 Å². The minimum atomic E-state index is -2.39. The second-order valence-corrected chi connectivity index (χ2v) is 10.5. The zero-order chi connectivity index (χ0) is 24.3. The predicted molar refractivity (Wildman–Crippen MR) is 126 cm³/mol. The van der Waals surface area contributed by atoms with Gasteiger partial charge in [0, 0.05) is 30.5 Å². The Bertz CT molecular complexity index is 875. The summed E-state index contributed by atoms with van der Waals surface area (Å²) in [4.78, 5) is 14.9. The summed E-state index contributed by atoms with van der Waals surface area (Å²) >= 11 is 0. The third kappa shape index (κ3) is 5.18. The quantitative estimate of drug-likeness (QED) is 0.433. The molecule has 0 spiro atoms. The van der Waals surface area contributed by atoms with E-state index in [4.69, 9.17) is 14.2 Å². The van der Waals surface area contributed by atoms with E-state index in [1.54, 1.807) is 6.07 Å². The van der Waals surface area contributed by atoms with Crippen molar-refractivity contribution in [3.63, 3.8) is 0 Å². The molecule has 6 nitrogen and oxygen atoms in total. The zero-order valence-corrected chi connectivity index (χ0v) is 20.6. The maximum Gasteiger partial charge on any atom is 0.513 e. The maximum atomic E-state index is 15.6. The van der Waals surface area contributed by atoms with Crippen molar-refractivity contribution in [2.75, 3.05) is 46.0 Å². The van der Waals surface area contributed by atoms with Gasteiger partial charge >= 0.3 is 6.16 Å².